The number of aromatic hydroxyl groups is 1. The number of thioether (sulfide) groups is 1. The minimum atomic E-state index is -0.419. The van der Waals surface area contributed by atoms with E-state index in [9.17, 15) is 9.90 Å². The Hall–Kier alpha value is -1.96. The van der Waals surface area contributed by atoms with Gasteiger partial charge < -0.3 is 19.2 Å². The van der Waals surface area contributed by atoms with Gasteiger partial charge in [0.2, 0.25) is 0 Å². The van der Waals surface area contributed by atoms with Gasteiger partial charge in [-0.05, 0) is 44.6 Å². The minimum absolute atomic E-state index is 0.148. The van der Waals surface area contributed by atoms with Crippen LogP contribution in [0.4, 0.5) is 0 Å². The number of carbonyl (C=O) groups is 1. The van der Waals surface area contributed by atoms with E-state index in [4.69, 9.17) is 9.15 Å². The zero-order valence-electron chi connectivity index (χ0n) is 14.9. The molecule has 1 aromatic carbocycles. The van der Waals surface area contributed by atoms with Gasteiger partial charge in [0.15, 0.2) is 0 Å². The molecule has 0 spiro atoms. The highest BCUT2D eigenvalue weighted by atomic mass is 32.2. The van der Waals surface area contributed by atoms with Crippen LogP contribution in [-0.2, 0) is 17.0 Å². The van der Waals surface area contributed by atoms with Crippen molar-refractivity contribution in [2.24, 2.45) is 0 Å². The Morgan fingerprint density at radius 2 is 2.15 bits per heavy atom. The van der Waals surface area contributed by atoms with E-state index in [0.717, 1.165) is 4.90 Å². The molecule has 0 aliphatic carbocycles. The van der Waals surface area contributed by atoms with E-state index < -0.39 is 5.97 Å². The second-order valence-corrected chi connectivity index (χ2v) is 7.87. The van der Waals surface area contributed by atoms with Crippen molar-refractivity contribution in [1.29, 1.82) is 0 Å². The van der Waals surface area contributed by atoms with Crippen LogP contribution in [0.2, 0.25) is 0 Å². The lowest BCUT2D eigenvalue weighted by atomic mass is 10.0. The third kappa shape index (κ3) is 3.90. The molecule has 0 aliphatic rings. The number of furan rings is 1. The molecule has 0 unspecified atom stereocenters. The predicted molar refractivity (Wildman–Crippen MR) is 105 cm³/mol. The molecular formula is C19H21NO4S2. The van der Waals surface area contributed by atoms with Crippen LogP contribution in [0.5, 0.6) is 5.75 Å². The van der Waals surface area contributed by atoms with Crippen LogP contribution >= 0.6 is 23.1 Å². The molecule has 0 saturated carbocycles. The van der Waals surface area contributed by atoms with E-state index in [1.165, 1.54) is 0 Å². The largest absolute Gasteiger partial charge is 0.508 e. The van der Waals surface area contributed by atoms with Gasteiger partial charge in [0.1, 0.15) is 22.7 Å². The number of nitrogens with zero attached hydrogens (tertiary/aromatic N) is 1. The quantitative estimate of drug-likeness (QED) is 0.464. The molecule has 3 aromatic rings. The van der Waals surface area contributed by atoms with E-state index in [0.29, 0.717) is 40.2 Å². The lowest BCUT2D eigenvalue weighted by Crippen LogP contribution is -2.12. The smallest absolute Gasteiger partial charge is 0.342 e. The molecule has 0 fully saturated rings. The molecule has 0 saturated heterocycles. The first-order chi connectivity index (χ1) is 12.5. The van der Waals surface area contributed by atoms with Gasteiger partial charge in [-0.25, -0.2) is 4.79 Å². The molecule has 5 nitrogen and oxygen atoms in total. The lowest BCUT2D eigenvalue weighted by molar-refractivity contribution is 0.0526. The average Bonchev–Trinajstić information content (AvgIpc) is 3.22. The highest BCUT2D eigenvalue weighted by molar-refractivity contribution is 7.98. The van der Waals surface area contributed by atoms with Crippen LogP contribution in [0, 0.1) is 0 Å². The van der Waals surface area contributed by atoms with Crippen molar-refractivity contribution in [3.05, 3.63) is 45.8 Å². The Morgan fingerprint density at radius 1 is 1.35 bits per heavy atom. The summed E-state index contributed by atoms with van der Waals surface area (Å²) < 4.78 is 11.3. The van der Waals surface area contributed by atoms with Gasteiger partial charge in [0, 0.05) is 27.8 Å². The van der Waals surface area contributed by atoms with Crippen LogP contribution in [-0.4, -0.2) is 36.7 Å². The molecule has 138 valence electrons. The summed E-state index contributed by atoms with van der Waals surface area (Å²) in [6.07, 6.45) is 0. The number of hydrogen-bond acceptors (Lipinski definition) is 7. The van der Waals surface area contributed by atoms with Crippen molar-refractivity contribution in [3.63, 3.8) is 0 Å². The number of fused-ring (bicyclic) bond motifs is 1. The topological polar surface area (TPSA) is 62.9 Å². The highest BCUT2D eigenvalue weighted by Gasteiger charge is 2.26. The molecule has 2 aromatic heterocycles. The number of phenols is 1. The van der Waals surface area contributed by atoms with E-state index in [2.05, 4.69) is 5.38 Å². The molecule has 0 aliphatic heterocycles. The van der Waals surface area contributed by atoms with Gasteiger partial charge in [-0.1, -0.05) is 0 Å². The van der Waals surface area contributed by atoms with E-state index >= 15 is 0 Å². The van der Waals surface area contributed by atoms with Gasteiger partial charge in [-0.15, -0.1) is 11.8 Å². The number of rotatable bonds is 7. The highest BCUT2D eigenvalue weighted by Crippen LogP contribution is 2.37. The first kappa shape index (κ1) is 18.8. The first-order valence-electron chi connectivity index (χ1n) is 8.24. The van der Waals surface area contributed by atoms with Gasteiger partial charge in [0.25, 0.3) is 0 Å². The van der Waals surface area contributed by atoms with Crippen molar-refractivity contribution in [2.45, 2.75) is 24.1 Å². The van der Waals surface area contributed by atoms with Gasteiger partial charge in [-0.2, -0.15) is 11.3 Å². The number of thiophene rings is 1. The molecule has 3 rings (SSSR count). The van der Waals surface area contributed by atoms with Crippen LogP contribution in [0.25, 0.3) is 11.0 Å². The summed E-state index contributed by atoms with van der Waals surface area (Å²) in [6.45, 7) is 2.55. The van der Waals surface area contributed by atoms with Crippen molar-refractivity contribution in [3.8, 4) is 5.75 Å². The molecular weight excluding hydrogens is 370 g/mol. The average molecular weight is 392 g/mol. The zero-order chi connectivity index (χ0) is 18.7. The Labute approximate surface area is 160 Å². The van der Waals surface area contributed by atoms with Crippen molar-refractivity contribution in [1.82, 2.24) is 4.90 Å². The van der Waals surface area contributed by atoms with Crippen LogP contribution in [0.15, 0.2) is 38.3 Å². The number of ether oxygens (including phenoxy) is 1. The van der Waals surface area contributed by atoms with Gasteiger partial charge in [-0.3, -0.25) is 0 Å². The fraction of sp³-hybridized carbons (Fsp3) is 0.316. The number of hydrogen-bond donors (Lipinski definition) is 1. The summed E-state index contributed by atoms with van der Waals surface area (Å²) in [6, 6.07) is 5.34. The van der Waals surface area contributed by atoms with Crippen LogP contribution in [0.1, 0.15) is 28.6 Å². The van der Waals surface area contributed by atoms with Crippen molar-refractivity contribution < 1.29 is 19.1 Å². The van der Waals surface area contributed by atoms with Crippen LogP contribution < -0.4 is 0 Å². The summed E-state index contributed by atoms with van der Waals surface area (Å²) in [5, 5.41) is 15.1. The van der Waals surface area contributed by atoms with Gasteiger partial charge >= 0.3 is 5.97 Å². The standard InChI is InChI=1S/C19H21NO4S2/c1-4-23-19(22)18-16(11-26-12-7-8-25-10-12)24-15-6-5-14(21)13(17(15)18)9-20(2)3/h5-8,10,21H,4,9,11H2,1-3H3. The SMILES string of the molecule is CCOC(=O)c1c(CSc2ccsc2)oc2ccc(O)c(CN(C)C)c12. The second kappa shape index (κ2) is 8.16. The summed E-state index contributed by atoms with van der Waals surface area (Å²) in [5.74, 6) is 0.814. The van der Waals surface area contributed by atoms with E-state index in [-0.39, 0.29) is 12.4 Å². The van der Waals surface area contributed by atoms with E-state index in [1.807, 2.05) is 30.4 Å². The number of phenolic OH excluding ortho intramolecular Hbond substituents is 1. The fourth-order valence-corrected chi connectivity index (χ4v) is 4.48. The normalized spacial score (nSPS) is 11.4. The maximum atomic E-state index is 12.7. The minimum Gasteiger partial charge on any atom is -0.508 e. The summed E-state index contributed by atoms with van der Waals surface area (Å²) >= 11 is 3.23. The summed E-state index contributed by atoms with van der Waals surface area (Å²) in [7, 11) is 3.82. The second-order valence-electron chi connectivity index (χ2n) is 6.04. The summed E-state index contributed by atoms with van der Waals surface area (Å²) in [4.78, 5) is 15.7. The Kier molecular flexibility index (Phi) is 5.90. The molecule has 1 N–H and O–H groups in total. The molecule has 2 heterocycles. The third-order valence-electron chi connectivity index (χ3n) is 3.83. The Balaban J connectivity index is 2.10. The molecule has 0 atom stereocenters. The first-order valence-corrected chi connectivity index (χ1v) is 10.2. The van der Waals surface area contributed by atoms with Gasteiger partial charge in [0.05, 0.1) is 12.4 Å². The fourth-order valence-electron chi connectivity index (χ4n) is 2.78. The molecule has 0 amide bonds. The zero-order valence-corrected chi connectivity index (χ0v) is 16.6. The molecule has 26 heavy (non-hydrogen) atoms. The number of carbonyl (C=O) groups excluding carboxylic acids is 1. The molecule has 7 heteroatoms. The Bertz CT molecular complexity index is 900. The van der Waals surface area contributed by atoms with Crippen molar-refractivity contribution >= 4 is 40.0 Å². The van der Waals surface area contributed by atoms with E-state index in [1.54, 1.807) is 42.2 Å². The number of benzene rings is 1. The van der Waals surface area contributed by atoms with Crippen LogP contribution in [0.3, 0.4) is 0 Å². The molecule has 0 bridgehead atoms. The Morgan fingerprint density at radius 3 is 2.81 bits per heavy atom. The summed E-state index contributed by atoms with van der Waals surface area (Å²) in [5.41, 5.74) is 1.67. The lowest BCUT2D eigenvalue weighted by Gasteiger charge is -2.13. The maximum Gasteiger partial charge on any atom is 0.342 e. The molecule has 0 radical (unpaired) electrons. The third-order valence-corrected chi connectivity index (χ3v) is 5.66. The van der Waals surface area contributed by atoms with Crippen molar-refractivity contribution in [2.75, 3.05) is 20.7 Å². The maximum absolute atomic E-state index is 12.7. The number of esters is 1. The monoisotopic (exact) mass is 391 g/mol. The predicted octanol–water partition coefficient (Wildman–Crippen LogP) is 4.73.